The highest BCUT2D eigenvalue weighted by atomic mass is 32.2. The minimum absolute atomic E-state index is 0.0814. The van der Waals surface area contributed by atoms with Crippen LogP contribution in [0.3, 0.4) is 0 Å². The molecule has 2 aromatic carbocycles. The summed E-state index contributed by atoms with van der Waals surface area (Å²) in [7, 11) is -3.87. The van der Waals surface area contributed by atoms with Gasteiger partial charge in [0.1, 0.15) is 12.4 Å². The minimum atomic E-state index is -3.87. The molecule has 0 saturated carbocycles. The standard InChI is InChI=1S/C28H32N2O5S2/c1-18(2)16-30(37(33,34)28-29-15-20(4)36-28)25-13-22-6-5-7-23(22)14-26(25)35-17-24-10-8-21(12-19(24)3)9-11-27(31)32/h8-15,18H,5-7,16-17H2,1-4H3,(H,31,32)/b11-9+. The molecule has 196 valence electrons. The molecule has 4 rings (SSSR count). The number of sulfonamides is 1. The van der Waals surface area contributed by atoms with Crippen LogP contribution in [0.15, 0.2) is 46.9 Å². The normalized spacial score (nSPS) is 13.3. The molecule has 0 amide bonds. The van der Waals surface area contributed by atoms with E-state index in [2.05, 4.69) is 4.98 Å². The second kappa shape index (κ2) is 11.1. The van der Waals surface area contributed by atoms with Crippen LogP contribution < -0.4 is 9.04 Å². The van der Waals surface area contributed by atoms with Crippen LogP contribution in [0.4, 0.5) is 5.69 Å². The molecule has 1 aliphatic rings. The summed E-state index contributed by atoms with van der Waals surface area (Å²) in [4.78, 5) is 15.9. The lowest BCUT2D eigenvalue weighted by Crippen LogP contribution is -2.34. The molecular weight excluding hydrogens is 508 g/mol. The molecule has 1 aliphatic carbocycles. The number of hydrogen-bond donors (Lipinski definition) is 1. The molecule has 3 aromatic rings. The van der Waals surface area contributed by atoms with E-state index in [9.17, 15) is 13.2 Å². The second-order valence-electron chi connectivity index (χ2n) is 9.76. The number of fused-ring (bicyclic) bond motifs is 1. The molecule has 1 N–H and O–H groups in total. The molecule has 7 nitrogen and oxygen atoms in total. The van der Waals surface area contributed by atoms with Gasteiger partial charge in [0.05, 0.1) is 5.69 Å². The first-order valence-electron chi connectivity index (χ1n) is 12.3. The zero-order valence-corrected chi connectivity index (χ0v) is 23.2. The number of carbonyl (C=O) groups is 1. The minimum Gasteiger partial charge on any atom is -0.487 e. The Morgan fingerprint density at radius 3 is 2.54 bits per heavy atom. The van der Waals surface area contributed by atoms with Gasteiger partial charge in [0.25, 0.3) is 10.0 Å². The molecular formula is C28H32N2O5S2. The summed E-state index contributed by atoms with van der Waals surface area (Å²) in [6, 6.07) is 9.62. The fourth-order valence-corrected chi connectivity index (χ4v) is 7.25. The van der Waals surface area contributed by atoms with Crippen LogP contribution in [0.1, 0.15) is 53.0 Å². The molecule has 0 spiro atoms. The zero-order chi connectivity index (χ0) is 26.7. The van der Waals surface area contributed by atoms with Gasteiger partial charge in [-0.15, -0.1) is 11.3 Å². The third kappa shape index (κ3) is 6.22. The molecule has 0 unspecified atom stereocenters. The van der Waals surface area contributed by atoms with E-state index in [0.717, 1.165) is 52.5 Å². The van der Waals surface area contributed by atoms with Crippen molar-refractivity contribution in [2.45, 2.75) is 57.9 Å². The van der Waals surface area contributed by atoms with Gasteiger partial charge in [0.2, 0.25) is 4.34 Å². The molecule has 9 heteroatoms. The lowest BCUT2D eigenvalue weighted by Gasteiger charge is -2.28. The Morgan fingerprint density at radius 2 is 1.92 bits per heavy atom. The summed E-state index contributed by atoms with van der Waals surface area (Å²) in [5.41, 5.74) is 5.58. The second-order valence-corrected chi connectivity index (χ2v) is 13.0. The van der Waals surface area contributed by atoms with Crippen molar-refractivity contribution in [3.05, 3.63) is 75.3 Å². The first-order valence-corrected chi connectivity index (χ1v) is 14.5. The molecule has 1 heterocycles. The van der Waals surface area contributed by atoms with E-state index in [-0.39, 0.29) is 16.9 Å². The predicted molar refractivity (Wildman–Crippen MR) is 147 cm³/mol. The molecule has 0 aliphatic heterocycles. The number of thiazole rings is 1. The van der Waals surface area contributed by atoms with Crippen LogP contribution in [-0.2, 0) is 34.3 Å². The van der Waals surface area contributed by atoms with Crippen LogP contribution in [0.25, 0.3) is 6.08 Å². The van der Waals surface area contributed by atoms with Gasteiger partial charge in [-0.1, -0.05) is 32.0 Å². The van der Waals surface area contributed by atoms with Gasteiger partial charge in [-0.25, -0.2) is 9.78 Å². The number of aryl methyl sites for hydroxylation is 4. The van der Waals surface area contributed by atoms with E-state index in [1.807, 2.05) is 58.0 Å². The highest BCUT2D eigenvalue weighted by Gasteiger charge is 2.32. The average Bonchev–Trinajstić information content (AvgIpc) is 3.48. The average molecular weight is 541 g/mol. The Morgan fingerprint density at radius 1 is 1.19 bits per heavy atom. The Hall–Kier alpha value is -3.17. The Kier molecular flexibility index (Phi) is 8.04. The number of rotatable bonds is 10. The van der Waals surface area contributed by atoms with Gasteiger partial charge < -0.3 is 9.84 Å². The third-order valence-corrected chi connectivity index (χ3v) is 9.31. The fourth-order valence-electron chi connectivity index (χ4n) is 4.41. The van der Waals surface area contributed by atoms with Crippen molar-refractivity contribution in [3.8, 4) is 5.75 Å². The van der Waals surface area contributed by atoms with Crippen molar-refractivity contribution in [3.63, 3.8) is 0 Å². The van der Waals surface area contributed by atoms with Crippen molar-refractivity contribution in [2.24, 2.45) is 5.92 Å². The van der Waals surface area contributed by atoms with Gasteiger partial charge in [-0.05, 0) is 85.1 Å². The van der Waals surface area contributed by atoms with E-state index < -0.39 is 16.0 Å². The Labute approximate surface area is 222 Å². The molecule has 0 atom stereocenters. The van der Waals surface area contributed by atoms with E-state index >= 15 is 0 Å². The van der Waals surface area contributed by atoms with Crippen LogP contribution in [0.5, 0.6) is 5.75 Å². The van der Waals surface area contributed by atoms with Crippen molar-refractivity contribution in [2.75, 3.05) is 10.8 Å². The maximum atomic E-state index is 13.8. The number of nitrogens with zero attached hydrogens (tertiary/aromatic N) is 2. The van der Waals surface area contributed by atoms with Gasteiger partial charge in [-0.3, -0.25) is 4.31 Å². The smallest absolute Gasteiger partial charge is 0.328 e. The van der Waals surface area contributed by atoms with E-state index in [0.29, 0.717) is 18.0 Å². The number of hydrogen-bond acceptors (Lipinski definition) is 6. The largest absolute Gasteiger partial charge is 0.487 e. The highest BCUT2D eigenvalue weighted by molar-refractivity contribution is 7.94. The number of anilines is 1. The van der Waals surface area contributed by atoms with Gasteiger partial charge in [0, 0.05) is 23.7 Å². The third-order valence-electron chi connectivity index (χ3n) is 6.25. The predicted octanol–water partition coefficient (Wildman–Crippen LogP) is 5.78. The van der Waals surface area contributed by atoms with Crippen LogP contribution >= 0.6 is 11.3 Å². The number of carboxylic acid groups (broad SMARTS) is 1. The number of ether oxygens (including phenoxy) is 1. The summed E-state index contributed by atoms with van der Waals surface area (Å²) in [6.07, 6.45) is 7.13. The number of benzene rings is 2. The lowest BCUT2D eigenvalue weighted by atomic mass is 10.0. The van der Waals surface area contributed by atoms with Crippen molar-refractivity contribution in [1.29, 1.82) is 0 Å². The van der Waals surface area contributed by atoms with Crippen molar-refractivity contribution < 1.29 is 23.1 Å². The molecule has 0 bridgehead atoms. The molecule has 1 aromatic heterocycles. The van der Waals surface area contributed by atoms with Gasteiger partial charge in [0.15, 0.2) is 0 Å². The SMILES string of the molecule is Cc1cnc(S(=O)(=O)N(CC(C)C)c2cc3c(cc2OCc2ccc(/C=C/C(=O)O)cc2C)CCC3)s1. The van der Waals surface area contributed by atoms with E-state index in [4.69, 9.17) is 9.84 Å². The molecule has 0 fully saturated rings. The number of carboxylic acids is 1. The Bertz CT molecular complexity index is 1440. The number of aromatic nitrogens is 1. The van der Waals surface area contributed by atoms with Crippen LogP contribution in [0.2, 0.25) is 0 Å². The highest BCUT2D eigenvalue weighted by Crippen LogP contribution is 2.39. The maximum absolute atomic E-state index is 13.8. The first-order chi connectivity index (χ1) is 17.5. The van der Waals surface area contributed by atoms with Crippen LogP contribution in [-0.4, -0.2) is 31.0 Å². The van der Waals surface area contributed by atoms with Gasteiger partial charge in [-0.2, -0.15) is 8.42 Å². The van der Waals surface area contributed by atoms with E-state index in [1.165, 1.54) is 21.2 Å². The summed E-state index contributed by atoms with van der Waals surface area (Å²) < 4.78 is 35.4. The summed E-state index contributed by atoms with van der Waals surface area (Å²) in [5, 5.41) is 8.88. The topological polar surface area (TPSA) is 96.8 Å². The monoisotopic (exact) mass is 540 g/mol. The fraction of sp³-hybridized carbons (Fsp3) is 0.357. The molecule has 37 heavy (non-hydrogen) atoms. The number of aliphatic carboxylic acids is 1. The quantitative estimate of drug-likeness (QED) is 0.328. The van der Waals surface area contributed by atoms with Crippen molar-refractivity contribution in [1.82, 2.24) is 4.98 Å². The lowest BCUT2D eigenvalue weighted by molar-refractivity contribution is -0.131. The van der Waals surface area contributed by atoms with Crippen LogP contribution in [0, 0.1) is 19.8 Å². The first kappa shape index (κ1) is 26.9. The maximum Gasteiger partial charge on any atom is 0.328 e. The molecule has 0 saturated heterocycles. The summed E-state index contributed by atoms with van der Waals surface area (Å²) >= 11 is 1.17. The Balaban J connectivity index is 1.70. The summed E-state index contributed by atoms with van der Waals surface area (Å²) in [6.45, 7) is 8.34. The summed E-state index contributed by atoms with van der Waals surface area (Å²) in [5.74, 6) is -0.374. The zero-order valence-electron chi connectivity index (χ0n) is 21.5. The van der Waals surface area contributed by atoms with Crippen molar-refractivity contribution >= 4 is 39.1 Å². The van der Waals surface area contributed by atoms with Gasteiger partial charge >= 0.3 is 5.97 Å². The van der Waals surface area contributed by atoms with E-state index in [1.54, 1.807) is 12.3 Å². The molecule has 0 radical (unpaired) electrons.